The van der Waals surface area contributed by atoms with Crippen molar-refractivity contribution in [2.24, 2.45) is 5.92 Å². The van der Waals surface area contributed by atoms with Gasteiger partial charge in [0.2, 0.25) is 0 Å². The first kappa shape index (κ1) is 25.3. The van der Waals surface area contributed by atoms with Crippen molar-refractivity contribution in [1.82, 2.24) is 0 Å². The summed E-state index contributed by atoms with van der Waals surface area (Å²) >= 11 is 0. The molecule has 164 valence electrons. The maximum Gasteiger partial charge on any atom is 0.268 e. The Bertz CT molecular complexity index is 578. The lowest BCUT2D eigenvalue weighted by Gasteiger charge is -2.35. The molecule has 0 aromatic heterocycles. The van der Waals surface area contributed by atoms with E-state index in [-0.39, 0.29) is 38.3 Å². The molecule has 0 spiro atoms. The molecule has 0 heterocycles. The quantitative estimate of drug-likeness (QED) is 0.389. The third-order valence-corrected chi connectivity index (χ3v) is 6.36. The SMILES string of the molecule is [B][C@H]1CC(OP(=O)([O-])OC[C@@H]2C(OC(C)C)C[C@H]([B])C2O)[C@@](O)(COC(C)C)C1. The zero-order valence-electron chi connectivity index (χ0n) is 17.6. The van der Waals surface area contributed by atoms with Crippen molar-refractivity contribution in [1.29, 1.82) is 0 Å². The fourth-order valence-electron chi connectivity index (χ4n) is 3.96. The van der Waals surface area contributed by atoms with Crippen molar-refractivity contribution in [3.63, 3.8) is 0 Å². The number of aliphatic hydroxyl groups is 2. The third-order valence-electron chi connectivity index (χ3n) is 5.39. The van der Waals surface area contributed by atoms with Crippen LogP contribution in [0.2, 0.25) is 11.6 Å². The van der Waals surface area contributed by atoms with Crippen LogP contribution in [-0.2, 0) is 23.1 Å². The van der Waals surface area contributed by atoms with Gasteiger partial charge in [-0.25, -0.2) is 0 Å². The van der Waals surface area contributed by atoms with E-state index < -0.39 is 49.3 Å². The second-order valence-corrected chi connectivity index (χ2v) is 10.1. The summed E-state index contributed by atoms with van der Waals surface area (Å²) in [5.41, 5.74) is -1.52. The van der Waals surface area contributed by atoms with E-state index in [4.69, 9.17) is 34.2 Å². The molecule has 8 nitrogen and oxygen atoms in total. The maximum absolute atomic E-state index is 12.4. The molecule has 0 aromatic carbocycles. The Labute approximate surface area is 176 Å². The molecule has 29 heavy (non-hydrogen) atoms. The zero-order chi connectivity index (χ0) is 22.0. The summed E-state index contributed by atoms with van der Waals surface area (Å²) < 4.78 is 33.8. The Kier molecular flexibility index (Phi) is 8.85. The Balaban J connectivity index is 1.98. The van der Waals surface area contributed by atoms with E-state index in [2.05, 4.69) is 0 Å². The van der Waals surface area contributed by atoms with Crippen LogP contribution in [-0.4, -0.2) is 75.2 Å². The van der Waals surface area contributed by atoms with E-state index >= 15 is 0 Å². The van der Waals surface area contributed by atoms with Gasteiger partial charge >= 0.3 is 0 Å². The highest BCUT2D eigenvalue weighted by molar-refractivity contribution is 7.45. The molecular formula is C18H32B2O8P-. The van der Waals surface area contributed by atoms with E-state index in [0.29, 0.717) is 6.42 Å². The molecule has 2 saturated carbocycles. The predicted molar refractivity (Wildman–Crippen MR) is 107 cm³/mol. The second kappa shape index (κ2) is 10.1. The topological polar surface area (TPSA) is 118 Å². The first-order valence-electron chi connectivity index (χ1n) is 10.2. The molecule has 2 fully saturated rings. The summed E-state index contributed by atoms with van der Waals surface area (Å²) in [5, 5.41) is 21.1. The average Bonchev–Trinajstić information content (AvgIpc) is 2.99. The van der Waals surface area contributed by atoms with Crippen molar-refractivity contribution in [3.05, 3.63) is 0 Å². The van der Waals surface area contributed by atoms with Crippen LogP contribution in [0.4, 0.5) is 0 Å². The number of ether oxygens (including phenoxy) is 2. The number of hydrogen-bond acceptors (Lipinski definition) is 8. The number of aliphatic hydroxyl groups excluding tert-OH is 1. The molecule has 0 bridgehead atoms. The minimum Gasteiger partial charge on any atom is -0.756 e. The van der Waals surface area contributed by atoms with Crippen molar-refractivity contribution < 1.29 is 38.2 Å². The van der Waals surface area contributed by atoms with E-state index in [0.717, 1.165) is 0 Å². The van der Waals surface area contributed by atoms with Crippen LogP contribution in [0.15, 0.2) is 0 Å². The van der Waals surface area contributed by atoms with Crippen molar-refractivity contribution in [2.45, 2.75) is 94.7 Å². The fraction of sp³-hybridized carbons (Fsp3) is 1.00. The van der Waals surface area contributed by atoms with Crippen LogP contribution >= 0.6 is 7.82 Å². The highest BCUT2D eigenvalue weighted by Gasteiger charge is 2.48. The lowest BCUT2D eigenvalue weighted by Crippen LogP contribution is -2.44. The maximum atomic E-state index is 12.4. The first-order chi connectivity index (χ1) is 13.3. The Morgan fingerprint density at radius 1 is 1.21 bits per heavy atom. The Morgan fingerprint density at radius 2 is 1.86 bits per heavy atom. The molecule has 0 aromatic rings. The second-order valence-electron chi connectivity index (χ2n) is 8.78. The molecule has 2 N–H and O–H groups in total. The van der Waals surface area contributed by atoms with Crippen LogP contribution < -0.4 is 4.89 Å². The molecule has 2 aliphatic rings. The standard InChI is InChI=1S/C18H33B2O8P/c1-10(2)25-9-18(22)7-12(19)5-16(18)28-29(23,24)26-8-13-15(27-11(3)4)6-14(20)17(13)21/h10-17,21-22H,5-9H2,1-4H3,(H,23,24)/p-1/t12-,13+,14-,15?,16?,17?,18-/m0/s1. The summed E-state index contributed by atoms with van der Waals surface area (Å²) in [6, 6.07) is 0. The highest BCUT2D eigenvalue weighted by atomic mass is 31.2. The van der Waals surface area contributed by atoms with Gasteiger partial charge in [-0.05, 0) is 52.8 Å². The minimum absolute atomic E-state index is 0.0937. The molecular weight excluding hydrogens is 397 g/mol. The van der Waals surface area contributed by atoms with Gasteiger partial charge in [0.15, 0.2) is 0 Å². The molecule has 4 radical (unpaired) electrons. The van der Waals surface area contributed by atoms with Gasteiger partial charge in [-0.2, -0.15) is 0 Å². The molecule has 0 saturated heterocycles. The smallest absolute Gasteiger partial charge is 0.268 e. The molecule has 8 atom stereocenters. The number of rotatable bonds is 10. The van der Waals surface area contributed by atoms with Gasteiger partial charge in [0, 0.05) is 5.92 Å². The molecule has 2 aliphatic carbocycles. The van der Waals surface area contributed by atoms with Crippen molar-refractivity contribution >= 4 is 23.5 Å². The van der Waals surface area contributed by atoms with Gasteiger partial charge in [0.1, 0.15) is 5.60 Å². The van der Waals surface area contributed by atoms with Gasteiger partial charge in [-0.3, -0.25) is 4.57 Å². The summed E-state index contributed by atoms with van der Waals surface area (Å²) in [4.78, 5) is 12.4. The summed E-state index contributed by atoms with van der Waals surface area (Å²) in [7, 11) is 7.01. The number of phosphoric acid groups is 1. The number of hydrogen-bond donors (Lipinski definition) is 2. The van der Waals surface area contributed by atoms with Gasteiger partial charge in [-0.1, -0.05) is 5.82 Å². The molecule has 11 heteroatoms. The van der Waals surface area contributed by atoms with Crippen molar-refractivity contribution in [2.75, 3.05) is 13.2 Å². The Morgan fingerprint density at radius 3 is 2.45 bits per heavy atom. The van der Waals surface area contributed by atoms with Crippen LogP contribution in [0, 0.1) is 5.92 Å². The van der Waals surface area contributed by atoms with Gasteiger partial charge in [0.05, 0.1) is 59.4 Å². The minimum atomic E-state index is -4.78. The van der Waals surface area contributed by atoms with Gasteiger partial charge in [-0.15, -0.1) is 0 Å². The predicted octanol–water partition coefficient (Wildman–Crippen LogP) is 0.895. The fourth-order valence-corrected chi connectivity index (χ4v) is 4.97. The average molecular weight is 429 g/mol. The third kappa shape index (κ3) is 7.04. The zero-order valence-corrected chi connectivity index (χ0v) is 18.5. The van der Waals surface area contributed by atoms with Crippen LogP contribution in [0.3, 0.4) is 0 Å². The number of phosphoric ester groups is 1. The summed E-state index contributed by atoms with van der Waals surface area (Å²) in [6.45, 7) is 6.89. The van der Waals surface area contributed by atoms with E-state index in [1.165, 1.54) is 0 Å². The molecule has 0 amide bonds. The van der Waals surface area contributed by atoms with Crippen LogP contribution in [0.25, 0.3) is 0 Å². The molecule has 4 unspecified atom stereocenters. The highest BCUT2D eigenvalue weighted by Crippen LogP contribution is 2.50. The molecule has 0 aliphatic heterocycles. The van der Waals surface area contributed by atoms with Gasteiger partial charge < -0.3 is 33.6 Å². The van der Waals surface area contributed by atoms with Gasteiger partial charge in [0.25, 0.3) is 7.82 Å². The lowest BCUT2D eigenvalue weighted by atomic mass is 9.83. The van der Waals surface area contributed by atoms with Crippen LogP contribution in [0.5, 0.6) is 0 Å². The molecule has 2 rings (SSSR count). The normalized spacial score (nSPS) is 40.0. The van der Waals surface area contributed by atoms with Crippen LogP contribution in [0.1, 0.15) is 47.0 Å². The summed E-state index contributed by atoms with van der Waals surface area (Å²) in [6.07, 6.45) is -1.97. The first-order valence-corrected chi connectivity index (χ1v) is 11.6. The van der Waals surface area contributed by atoms with E-state index in [1.54, 1.807) is 0 Å². The largest absolute Gasteiger partial charge is 0.756 e. The lowest BCUT2D eigenvalue weighted by molar-refractivity contribution is -0.239. The Hall–Kier alpha value is 0.0799. The van der Waals surface area contributed by atoms with E-state index in [1.807, 2.05) is 27.7 Å². The van der Waals surface area contributed by atoms with E-state index in [9.17, 15) is 19.7 Å². The summed E-state index contributed by atoms with van der Waals surface area (Å²) in [5.74, 6) is -1.54. The monoisotopic (exact) mass is 429 g/mol. The van der Waals surface area contributed by atoms with Crippen molar-refractivity contribution in [3.8, 4) is 0 Å².